The lowest BCUT2D eigenvalue weighted by molar-refractivity contribution is 0.0697. The van der Waals surface area contributed by atoms with Crippen LogP contribution in [0.15, 0.2) is 60.9 Å². The van der Waals surface area contributed by atoms with E-state index < -0.39 is 5.97 Å². The second-order valence-electron chi connectivity index (χ2n) is 7.27. The van der Waals surface area contributed by atoms with Crippen molar-refractivity contribution in [1.29, 1.82) is 0 Å². The van der Waals surface area contributed by atoms with Gasteiger partial charge in [-0.1, -0.05) is 36.4 Å². The molecule has 0 radical (unpaired) electrons. The minimum absolute atomic E-state index is 0.183. The fraction of sp³-hybridized carbons (Fsp3) is 0.217. The second-order valence-corrected chi connectivity index (χ2v) is 7.27. The average molecular weight is 373 g/mol. The number of anilines is 1. The standard InChI is InChI=1S/C23H23N3O2/c1-15-5-3-4-6-18(15)16-7-8-19-17(11-16)14-26(2)22(19)13-25-21-12-24-10-9-20(21)23(27)28/h3-12,22,25H,13-14H2,1-2H3,(H,27,28)/t22-/m0/s1. The minimum atomic E-state index is -0.951. The highest BCUT2D eigenvalue weighted by Crippen LogP contribution is 2.36. The number of nitrogens with zero attached hydrogens (tertiary/aromatic N) is 2. The van der Waals surface area contributed by atoms with Crippen molar-refractivity contribution in [3.63, 3.8) is 0 Å². The highest BCUT2D eigenvalue weighted by Gasteiger charge is 2.28. The minimum Gasteiger partial charge on any atom is -0.478 e. The smallest absolute Gasteiger partial charge is 0.337 e. The van der Waals surface area contributed by atoms with Crippen LogP contribution in [0.3, 0.4) is 0 Å². The SMILES string of the molecule is Cc1ccccc1-c1ccc2c(c1)CN(C)[C@H]2CNc1cnccc1C(=O)O. The molecule has 5 heteroatoms. The molecule has 2 heterocycles. The number of hydrogen-bond acceptors (Lipinski definition) is 4. The van der Waals surface area contributed by atoms with E-state index in [1.807, 2.05) is 0 Å². The molecule has 3 aromatic rings. The third-order valence-corrected chi connectivity index (χ3v) is 5.45. The van der Waals surface area contributed by atoms with Gasteiger partial charge in [0, 0.05) is 19.3 Å². The van der Waals surface area contributed by atoms with E-state index in [9.17, 15) is 9.90 Å². The van der Waals surface area contributed by atoms with Crippen LogP contribution in [0, 0.1) is 6.92 Å². The van der Waals surface area contributed by atoms with E-state index in [4.69, 9.17) is 0 Å². The molecule has 0 aliphatic carbocycles. The molecule has 0 unspecified atom stereocenters. The van der Waals surface area contributed by atoms with E-state index in [2.05, 4.69) is 71.6 Å². The van der Waals surface area contributed by atoms with E-state index in [0.29, 0.717) is 12.2 Å². The number of rotatable bonds is 5. The van der Waals surface area contributed by atoms with E-state index in [0.717, 1.165) is 6.54 Å². The highest BCUT2D eigenvalue weighted by atomic mass is 16.4. The molecule has 1 aromatic heterocycles. The summed E-state index contributed by atoms with van der Waals surface area (Å²) in [6.45, 7) is 3.63. The molecule has 0 bridgehead atoms. The molecule has 0 spiro atoms. The van der Waals surface area contributed by atoms with Crippen LogP contribution in [0.4, 0.5) is 5.69 Å². The van der Waals surface area contributed by atoms with Gasteiger partial charge in [-0.25, -0.2) is 4.79 Å². The van der Waals surface area contributed by atoms with Gasteiger partial charge in [0.2, 0.25) is 0 Å². The number of aromatic carboxylic acids is 1. The first-order chi connectivity index (χ1) is 13.5. The highest BCUT2D eigenvalue weighted by molar-refractivity contribution is 5.93. The van der Waals surface area contributed by atoms with Gasteiger partial charge in [0.1, 0.15) is 0 Å². The Labute approximate surface area is 164 Å². The van der Waals surface area contributed by atoms with Gasteiger partial charge in [0.05, 0.1) is 23.5 Å². The van der Waals surface area contributed by atoms with Crippen molar-refractivity contribution >= 4 is 11.7 Å². The Morgan fingerprint density at radius 1 is 1.25 bits per heavy atom. The number of aromatic nitrogens is 1. The Balaban J connectivity index is 1.58. The zero-order valence-electron chi connectivity index (χ0n) is 16.0. The summed E-state index contributed by atoms with van der Waals surface area (Å²) in [5.74, 6) is -0.951. The Hall–Kier alpha value is -3.18. The van der Waals surface area contributed by atoms with Gasteiger partial charge in [-0.05, 0) is 53.9 Å². The Bertz CT molecular complexity index is 1030. The Morgan fingerprint density at radius 2 is 2.07 bits per heavy atom. The molecule has 0 amide bonds. The van der Waals surface area contributed by atoms with Gasteiger partial charge in [-0.15, -0.1) is 0 Å². The number of pyridine rings is 1. The van der Waals surface area contributed by atoms with Gasteiger partial charge >= 0.3 is 5.97 Å². The van der Waals surface area contributed by atoms with Crippen LogP contribution in [0.5, 0.6) is 0 Å². The lowest BCUT2D eigenvalue weighted by Gasteiger charge is -2.22. The van der Waals surface area contributed by atoms with Crippen LogP contribution in [0.1, 0.15) is 33.1 Å². The molecule has 2 aromatic carbocycles. The average Bonchev–Trinajstić information content (AvgIpc) is 3.01. The number of carboxylic acids is 1. The monoisotopic (exact) mass is 373 g/mol. The Kier molecular flexibility index (Phi) is 4.84. The predicted molar refractivity (Wildman–Crippen MR) is 111 cm³/mol. The number of likely N-dealkylation sites (N-methyl/N-ethyl adjacent to an activating group) is 1. The van der Waals surface area contributed by atoms with E-state index >= 15 is 0 Å². The fourth-order valence-corrected chi connectivity index (χ4v) is 3.94. The van der Waals surface area contributed by atoms with Gasteiger partial charge in [-0.3, -0.25) is 9.88 Å². The second kappa shape index (κ2) is 7.44. The summed E-state index contributed by atoms with van der Waals surface area (Å²) in [5.41, 5.74) is 7.16. The van der Waals surface area contributed by atoms with Gasteiger partial charge in [-0.2, -0.15) is 0 Å². The molecule has 2 N–H and O–H groups in total. The maximum atomic E-state index is 11.4. The normalized spacial score (nSPS) is 16.0. The van der Waals surface area contributed by atoms with E-state index in [1.165, 1.54) is 40.1 Å². The molecule has 142 valence electrons. The van der Waals surface area contributed by atoms with Crippen LogP contribution < -0.4 is 5.32 Å². The van der Waals surface area contributed by atoms with E-state index in [1.54, 1.807) is 6.20 Å². The summed E-state index contributed by atoms with van der Waals surface area (Å²) in [6, 6.07) is 16.8. The topological polar surface area (TPSA) is 65.5 Å². The van der Waals surface area contributed by atoms with Crippen molar-refractivity contribution < 1.29 is 9.90 Å². The zero-order valence-corrected chi connectivity index (χ0v) is 16.0. The number of benzene rings is 2. The molecule has 1 aliphatic rings. The lowest BCUT2D eigenvalue weighted by atomic mass is 9.95. The molecule has 1 aliphatic heterocycles. The number of fused-ring (bicyclic) bond motifs is 1. The van der Waals surface area contributed by atoms with Crippen LogP contribution >= 0.6 is 0 Å². The molecule has 28 heavy (non-hydrogen) atoms. The summed E-state index contributed by atoms with van der Waals surface area (Å²) < 4.78 is 0. The van der Waals surface area contributed by atoms with Gasteiger partial charge in [0.25, 0.3) is 0 Å². The van der Waals surface area contributed by atoms with Gasteiger partial charge in [0.15, 0.2) is 0 Å². The molecule has 0 fully saturated rings. The fourth-order valence-electron chi connectivity index (χ4n) is 3.94. The number of hydrogen-bond donors (Lipinski definition) is 2. The van der Waals surface area contributed by atoms with Crippen molar-refractivity contribution in [3.8, 4) is 11.1 Å². The molecule has 1 atom stereocenters. The molecule has 4 rings (SSSR count). The number of nitrogens with one attached hydrogen (secondary N) is 1. The zero-order chi connectivity index (χ0) is 19.7. The summed E-state index contributed by atoms with van der Waals surface area (Å²) in [6.07, 6.45) is 3.07. The van der Waals surface area contributed by atoms with Gasteiger partial charge < -0.3 is 10.4 Å². The van der Waals surface area contributed by atoms with Crippen LogP contribution in [-0.4, -0.2) is 34.6 Å². The number of carboxylic acid groups (broad SMARTS) is 1. The van der Waals surface area contributed by atoms with E-state index in [-0.39, 0.29) is 11.6 Å². The molecule has 0 saturated carbocycles. The first-order valence-corrected chi connectivity index (χ1v) is 9.35. The van der Waals surface area contributed by atoms with Crippen molar-refractivity contribution in [3.05, 3.63) is 83.2 Å². The van der Waals surface area contributed by atoms with Crippen LogP contribution in [0.25, 0.3) is 11.1 Å². The van der Waals surface area contributed by atoms with Crippen LogP contribution in [0.2, 0.25) is 0 Å². The molecule has 5 nitrogen and oxygen atoms in total. The van der Waals surface area contributed by atoms with Crippen molar-refractivity contribution in [2.45, 2.75) is 19.5 Å². The molecule has 0 saturated heterocycles. The maximum Gasteiger partial charge on any atom is 0.337 e. The maximum absolute atomic E-state index is 11.4. The van der Waals surface area contributed by atoms with Crippen LogP contribution in [-0.2, 0) is 6.54 Å². The number of aryl methyl sites for hydroxylation is 1. The summed E-state index contributed by atoms with van der Waals surface area (Å²) in [7, 11) is 2.10. The first-order valence-electron chi connectivity index (χ1n) is 9.35. The molecular formula is C23H23N3O2. The quantitative estimate of drug-likeness (QED) is 0.696. The molecular weight excluding hydrogens is 350 g/mol. The predicted octanol–water partition coefficient (Wildman–Crippen LogP) is 4.35. The summed E-state index contributed by atoms with van der Waals surface area (Å²) >= 11 is 0. The largest absolute Gasteiger partial charge is 0.478 e. The van der Waals surface area contributed by atoms with Crippen molar-refractivity contribution in [2.24, 2.45) is 0 Å². The van der Waals surface area contributed by atoms with Crippen molar-refractivity contribution in [2.75, 3.05) is 18.9 Å². The third-order valence-electron chi connectivity index (χ3n) is 5.45. The lowest BCUT2D eigenvalue weighted by Crippen LogP contribution is -2.24. The third kappa shape index (κ3) is 3.37. The first kappa shape index (κ1) is 18.2. The van der Waals surface area contributed by atoms with Crippen molar-refractivity contribution in [1.82, 2.24) is 9.88 Å². The number of carbonyl (C=O) groups is 1. The summed E-state index contributed by atoms with van der Waals surface area (Å²) in [5, 5.41) is 12.6. The summed E-state index contributed by atoms with van der Waals surface area (Å²) in [4.78, 5) is 17.7. The Morgan fingerprint density at radius 3 is 2.86 bits per heavy atom.